The number of nitrogens with two attached hydrogens (primary N) is 1. The van der Waals surface area contributed by atoms with Gasteiger partial charge in [-0.2, -0.15) is 9.97 Å². The Hall–Kier alpha value is -1.85. The van der Waals surface area contributed by atoms with Gasteiger partial charge in [-0.25, -0.2) is 4.98 Å². The first-order valence-electron chi connectivity index (χ1n) is 6.22. The molecule has 3 N–H and O–H groups in total. The van der Waals surface area contributed by atoms with Gasteiger partial charge in [0.05, 0.1) is 6.33 Å². The number of rotatable bonds is 4. The molecule has 2 heterocycles. The van der Waals surface area contributed by atoms with Gasteiger partial charge in [0.25, 0.3) is 0 Å². The molecule has 0 aromatic carbocycles. The van der Waals surface area contributed by atoms with E-state index in [0.717, 1.165) is 17.7 Å². The number of anilines is 2. The van der Waals surface area contributed by atoms with Crippen LogP contribution in [0.5, 0.6) is 0 Å². The van der Waals surface area contributed by atoms with Gasteiger partial charge in [0, 0.05) is 12.6 Å². The van der Waals surface area contributed by atoms with E-state index in [0.29, 0.717) is 5.82 Å². The zero-order valence-corrected chi connectivity index (χ0v) is 10.6. The second kappa shape index (κ2) is 4.12. The van der Waals surface area contributed by atoms with Crippen molar-refractivity contribution in [3.63, 3.8) is 0 Å². The molecule has 2 aromatic rings. The van der Waals surface area contributed by atoms with Crippen LogP contribution < -0.4 is 11.1 Å². The molecule has 0 amide bonds. The van der Waals surface area contributed by atoms with Crippen molar-refractivity contribution in [2.24, 2.45) is 0 Å². The predicted molar refractivity (Wildman–Crippen MR) is 71.0 cm³/mol. The van der Waals surface area contributed by atoms with Gasteiger partial charge < -0.3 is 15.6 Å². The predicted octanol–water partition coefficient (Wildman–Crippen LogP) is 1.60. The fourth-order valence-corrected chi connectivity index (χ4v) is 1.94. The van der Waals surface area contributed by atoms with E-state index in [4.69, 9.17) is 5.73 Å². The maximum absolute atomic E-state index is 5.76. The first-order chi connectivity index (χ1) is 8.63. The van der Waals surface area contributed by atoms with Gasteiger partial charge >= 0.3 is 0 Å². The van der Waals surface area contributed by atoms with Crippen LogP contribution in [0.15, 0.2) is 6.33 Å². The van der Waals surface area contributed by atoms with E-state index < -0.39 is 0 Å². The van der Waals surface area contributed by atoms with Gasteiger partial charge in [-0.15, -0.1) is 0 Å². The zero-order valence-electron chi connectivity index (χ0n) is 10.6. The molecular weight excluding hydrogens is 228 g/mol. The van der Waals surface area contributed by atoms with Crippen molar-refractivity contribution in [1.82, 2.24) is 19.5 Å². The second-order valence-corrected chi connectivity index (χ2v) is 5.02. The molecule has 2 aromatic heterocycles. The lowest BCUT2D eigenvalue weighted by Gasteiger charge is -2.10. The molecule has 95 valence electrons. The first kappa shape index (κ1) is 11.3. The smallest absolute Gasteiger partial charge is 0.224 e. The summed E-state index contributed by atoms with van der Waals surface area (Å²) in [6, 6.07) is 0.283. The molecule has 1 radical (unpaired) electrons. The molecule has 6 nitrogen and oxygen atoms in total. The minimum atomic E-state index is 0.283. The van der Waals surface area contributed by atoms with Crippen molar-refractivity contribution in [1.29, 1.82) is 0 Å². The topological polar surface area (TPSA) is 81.7 Å². The average molecular weight is 245 g/mol. The Kier molecular flexibility index (Phi) is 2.57. The van der Waals surface area contributed by atoms with Crippen molar-refractivity contribution >= 4 is 22.9 Å². The Bertz CT molecular complexity index is 569. The molecule has 0 atom stereocenters. The summed E-state index contributed by atoms with van der Waals surface area (Å²) in [5.74, 6) is 2.53. The third kappa shape index (κ3) is 2.10. The quantitative estimate of drug-likeness (QED) is 0.855. The number of nitrogen functional groups attached to an aromatic ring is 1. The number of fused-ring (bicyclic) bond motifs is 1. The maximum Gasteiger partial charge on any atom is 0.224 e. The molecular formula is C12H17N6. The van der Waals surface area contributed by atoms with Crippen molar-refractivity contribution in [2.45, 2.75) is 39.3 Å². The van der Waals surface area contributed by atoms with Crippen LogP contribution in [-0.2, 0) is 6.54 Å². The number of aromatic nitrogens is 4. The largest absolute Gasteiger partial charge is 0.368 e. The lowest BCUT2D eigenvalue weighted by molar-refractivity contribution is 0.778. The number of imidazole rings is 1. The molecule has 1 fully saturated rings. The van der Waals surface area contributed by atoms with E-state index in [2.05, 4.69) is 34.1 Å². The summed E-state index contributed by atoms with van der Waals surface area (Å²) in [6.07, 6.45) is 4.25. The summed E-state index contributed by atoms with van der Waals surface area (Å²) in [5.41, 5.74) is 7.37. The van der Waals surface area contributed by atoms with E-state index in [1.807, 2.05) is 10.9 Å². The summed E-state index contributed by atoms with van der Waals surface area (Å²) >= 11 is 0. The molecule has 0 aliphatic heterocycles. The van der Waals surface area contributed by atoms with Gasteiger partial charge in [-0.3, -0.25) is 0 Å². The Morgan fingerprint density at radius 3 is 2.83 bits per heavy atom. The SMILES string of the molecule is CC(C)Nc1nc(N)nc2c1ncn2C[C]1CC1. The average Bonchev–Trinajstić information content (AvgIpc) is 3.00. The summed E-state index contributed by atoms with van der Waals surface area (Å²) in [5, 5.41) is 3.26. The van der Waals surface area contributed by atoms with Gasteiger partial charge in [0.1, 0.15) is 0 Å². The van der Waals surface area contributed by atoms with E-state index in [1.54, 1.807) is 0 Å². The van der Waals surface area contributed by atoms with Crippen LogP contribution >= 0.6 is 0 Å². The minimum absolute atomic E-state index is 0.283. The normalized spacial score (nSPS) is 15.5. The Balaban J connectivity index is 2.04. The fourth-order valence-electron chi connectivity index (χ4n) is 1.94. The molecule has 18 heavy (non-hydrogen) atoms. The Morgan fingerprint density at radius 2 is 2.17 bits per heavy atom. The maximum atomic E-state index is 5.76. The number of nitrogens with one attached hydrogen (secondary N) is 1. The van der Waals surface area contributed by atoms with Crippen molar-refractivity contribution < 1.29 is 0 Å². The minimum Gasteiger partial charge on any atom is -0.368 e. The van der Waals surface area contributed by atoms with Gasteiger partial charge in [-0.1, -0.05) is 0 Å². The molecule has 1 saturated carbocycles. The summed E-state index contributed by atoms with van der Waals surface area (Å²) < 4.78 is 2.04. The first-order valence-corrected chi connectivity index (χ1v) is 6.22. The molecule has 1 aliphatic carbocycles. The monoisotopic (exact) mass is 245 g/mol. The summed E-state index contributed by atoms with van der Waals surface area (Å²) in [6.45, 7) is 5.01. The summed E-state index contributed by atoms with van der Waals surface area (Å²) in [4.78, 5) is 12.9. The van der Waals surface area contributed by atoms with Crippen LogP contribution in [0.1, 0.15) is 26.7 Å². The highest BCUT2D eigenvalue weighted by molar-refractivity contribution is 5.84. The molecule has 1 aliphatic rings. The summed E-state index contributed by atoms with van der Waals surface area (Å²) in [7, 11) is 0. The van der Waals surface area contributed by atoms with Crippen LogP contribution in [0.2, 0.25) is 0 Å². The second-order valence-electron chi connectivity index (χ2n) is 5.02. The Morgan fingerprint density at radius 1 is 1.39 bits per heavy atom. The zero-order chi connectivity index (χ0) is 12.7. The lowest BCUT2D eigenvalue weighted by Crippen LogP contribution is -2.13. The van der Waals surface area contributed by atoms with Crippen molar-refractivity contribution in [3.05, 3.63) is 12.2 Å². The standard InChI is InChI=1S/C12H17N6/c1-7(2)15-10-9-11(17-12(13)16-10)18(6-14-9)5-8-3-4-8/h6-7H,3-5H2,1-2H3,(H3,13,15,16,17). The molecule has 0 bridgehead atoms. The van der Waals surface area contributed by atoms with Gasteiger partial charge in [0.15, 0.2) is 17.0 Å². The third-order valence-electron chi connectivity index (χ3n) is 2.90. The lowest BCUT2D eigenvalue weighted by atomic mass is 10.3. The number of hydrogen-bond donors (Lipinski definition) is 2. The molecule has 0 saturated heterocycles. The van der Waals surface area contributed by atoms with Crippen LogP contribution in [0.25, 0.3) is 11.2 Å². The Labute approximate surface area is 106 Å². The van der Waals surface area contributed by atoms with E-state index in [9.17, 15) is 0 Å². The van der Waals surface area contributed by atoms with Gasteiger partial charge in [0.2, 0.25) is 5.95 Å². The molecule has 0 unspecified atom stereocenters. The van der Waals surface area contributed by atoms with Gasteiger partial charge in [-0.05, 0) is 32.6 Å². The number of hydrogen-bond acceptors (Lipinski definition) is 5. The highest BCUT2D eigenvalue weighted by Crippen LogP contribution is 2.34. The fraction of sp³-hybridized carbons (Fsp3) is 0.500. The highest BCUT2D eigenvalue weighted by Gasteiger charge is 2.24. The van der Waals surface area contributed by atoms with Crippen LogP contribution in [-0.4, -0.2) is 25.6 Å². The van der Waals surface area contributed by atoms with Crippen LogP contribution in [0, 0.1) is 5.92 Å². The molecule has 0 spiro atoms. The van der Waals surface area contributed by atoms with E-state index in [-0.39, 0.29) is 12.0 Å². The van der Waals surface area contributed by atoms with E-state index in [1.165, 1.54) is 18.8 Å². The molecule has 6 heteroatoms. The third-order valence-corrected chi connectivity index (χ3v) is 2.90. The number of nitrogens with zero attached hydrogens (tertiary/aromatic N) is 4. The van der Waals surface area contributed by atoms with Crippen LogP contribution in [0.3, 0.4) is 0 Å². The molecule has 3 rings (SSSR count). The van der Waals surface area contributed by atoms with E-state index >= 15 is 0 Å². The van der Waals surface area contributed by atoms with Crippen molar-refractivity contribution in [3.8, 4) is 0 Å². The van der Waals surface area contributed by atoms with Crippen LogP contribution in [0.4, 0.5) is 11.8 Å². The highest BCUT2D eigenvalue weighted by atomic mass is 15.2. The van der Waals surface area contributed by atoms with Crippen molar-refractivity contribution in [2.75, 3.05) is 11.1 Å².